The predicted octanol–water partition coefficient (Wildman–Crippen LogP) is 5.15. The standard InChI is InChI=1S/C17H32N2/c1-10-17(8,9)14-13(12(4)11(2)3)18-15(19-14)16(5,6)7/h11-12H,10H2,1-9H3,(H,18,19). The van der Waals surface area contributed by atoms with Crippen molar-refractivity contribution in [2.45, 2.75) is 85.5 Å². The van der Waals surface area contributed by atoms with Crippen LogP contribution in [0.5, 0.6) is 0 Å². The summed E-state index contributed by atoms with van der Waals surface area (Å²) in [7, 11) is 0. The summed E-state index contributed by atoms with van der Waals surface area (Å²) >= 11 is 0. The maximum atomic E-state index is 4.97. The average Bonchev–Trinajstić information content (AvgIpc) is 2.72. The van der Waals surface area contributed by atoms with Crippen LogP contribution < -0.4 is 0 Å². The molecule has 0 aromatic carbocycles. The van der Waals surface area contributed by atoms with Gasteiger partial charge in [0.1, 0.15) is 5.82 Å². The smallest absolute Gasteiger partial charge is 0.112 e. The molecule has 0 fully saturated rings. The van der Waals surface area contributed by atoms with E-state index >= 15 is 0 Å². The molecule has 2 heteroatoms. The molecule has 0 aliphatic heterocycles. The maximum Gasteiger partial charge on any atom is 0.112 e. The number of imidazole rings is 1. The van der Waals surface area contributed by atoms with Crippen LogP contribution in [0.1, 0.15) is 91.9 Å². The zero-order valence-corrected chi connectivity index (χ0v) is 14.3. The fourth-order valence-electron chi connectivity index (χ4n) is 2.09. The Kier molecular flexibility index (Phi) is 4.54. The molecule has 19 heavy (non-hydrogen) atoms. The van der Waals surface area contributed by atoms with E-state index in [-0.39, 0.29) is 10.8 Å². The molecule has 0 bridgehead atoms. The lowest BCUT2D eigenvalue weighted by atomic mass is 9.81. The van der Waals surface area contributed by atoms with Crippen LogP contribution in [0.3, 0.4) is 0 Å². The van der Waals surface area contributed by atoms with E-state index in [1.54, 1.807) is 0 Å². The van der Waals surface area contributed by atoms with E-state index in [2.05, 4.69) is 67.3 Å². The molecule has 0 radical (unpaired) electrons. The fourth-order valence-corrected chi connectivity index (χ4v) is 2.09. The SMILES string of the molecule is CCC(C)(C)c1nc(C(C)(C)C)[nH]c1C(C)C(C)C. The zero-order chi connectivity index (χ0) is 15.0. The maximum absolute atomic E-state index is 4.97. The Balaban J connectivity index is 3.39. The van der Waals surface area contributed by atoms with Gasteiger partial charge in [0.25, 0.3) is 0 Å². The molecule has 1 unspecified atom stereocenters. The second-order valence-corrected chi connectivity index (χ2v) is 7.87. The van der Waals surface area contributed by atoms with Crippen molar-refractivity contribution in [1.29, 1.82) is 0 Å². The molecular formula is C17H32N2. The van der Waals surface area contributed by atoms with E-state index in [0.717, 1.165) is 12.2 Å². The van der Waals surface area contributed by atoms with Crippen LogP contribution in [0, 0.1) is 5.92 Å². The Hall–Kier alpha value is -0.790. The summed E-state index contributed by atoms with van der Waals surface area (Å²) in [4.78, 5) is 8.60. The topological polar surface area (TPSA) is 28.7 Å². The van der Waals surface area contributed by atoms with Crippen LogP contribution in [-0.4, -0.2) is 9.97 Å². The van der Waals surface area contributed by atoms with Gasteiger partial charge in [-0.1, -0.05) is 62.3 Å². The van der Waals surface area contributed by atoms with Gasteiger partial charge in [0.15, 0.2) is 0 Å². The zero-order valence-electron chi connectivity index (χ0n) is 14.3. The Bertz CT molecular complexity index is 419. The number of hydrogen-bond donors (Lipinski definition) is 1. The van der Waals surface area contributed by atoms with E-state index in [9.17, 15) is 0 Å². The Morgan fingerprint density at radius 2 is 1.58 bits per heavy atom. The van der Waals surface area contributed by atoms with Crippen LogP contribution in [0.15, 0.2) is 0 Å². The lowest BCUT2D eigenvalue weighted by Crippen LogP contribution is -2.20. The molecule has 0 saturated carbocycles. The second-order valence-electron chi connectivity index (χ2n) is 7.87. The van der Waals surface area contributed by atoms with Crippen molar-refractivity contribution in [1.82, 2.24) is 9.97 Å². The molecule has 1 aromatic heterocycles. The van der Waals surface area contributed by atoms with Gasteiger partial charge >= 0.3 is 0 Å². The summed E-state index contributed by atoms with van der Waals surface area (Å²) in [5, 5.41) is 0. The third-order valence-electron chi connectivity index (χ3n) is 4.42. The summed E-state index contributed by atoms with van der Waals surface area (Å²) in [5.41, 5.74) is 2.82. The van der Waals surface area contributed by atoms with Gasteiger partial charge in [-0.25, -0.2) is 4.98 Å². The first-order valence-electron chi connectivity index (χ1n) is 7.61. The minimum Gasteiger partial charge on any atom is -0.345 e. The van der Waals surface area contributed by atoms with E-state index in [4.69, 9.17) is 4.98 Å². The van der Waals surface area contributed by atoms with Crippen molar-refractivity contribution in [3.63, 3.8) is 0 Å². The van der Waals surface area contributed by atoms with Crippen molar-refractivity contribution in [2.24, 2.45) is 5.92 Å². The van der Waals surface area contributed by atoms with Crippen molar-refractivity contribution >= 4 is 0 Å². The highest BCUT2D eigenvalue weighted by Crippen LogP contribution is 2.36. The number of aromatic amines is 1. The molecule has 0 aliphatic rings. The molecule has 110 valence electrons. The van der Waals surface area contributed by atoms with Gasteiger partial charge in [0.2, 0.25) is 0 Å². The summed E-state index contributed by atoms with van der Waals surface area (Å²) in [6.45, 7) is 20.4. The van der Waals surface area contributed by atoms with Gasteiger partial charge in [-0.2, -0.15) is 0 Å². The lowest BCUT2D eigenvalue weighted by molar-refractivity contribution is 0.462. The highest BCUT2D eigenvalue weighted by atomic mass is 15.0. The fraction of sp³-hybridized carbons (Fsp3) is 0.824. The molecular weight excluding hydrogens is 232 g/mol. The third-order valence-corrected chi connectivity index (χ3v) is 4.42. The van der Waals surface area contributed by atoms with Crippen molar-refractivity contribution in [3.05, 3.63) is 17.2 Å². The molecule has 1 atom stereocenters. The van der Waals surface area contributed by atoms with E-state index in [1.165, 1.54) is 11.4 Å². The van der Waals surface area contributed by atoms with Gasteiger partial charge in [-0.15, -0.1) is 0 Å². The minimum absolute atomic E-state index is 0.0769. The molecule has 1 N–H and O–H groups in total. The van der Waals surface area contributed by atoms with Crippen molar-refractivity contribution in [2.75, 3.05) is 0 Å². The molecule has 0 saturated heterocycles. The number of H-pyrrole nitrogens is 1. The van der Waals surface area contributed by atoms with Crippen LogP contribution in [0.25, 0.3) is 0 Å². The Labute approximate surface area is 119 Å². The largest absolute Gasteiger partial charge is 0.345 e. The monoisotopic (exact) mass is 264 g/mol. The van der Waals surface area contributed by atoms with Crippen molar-refractivity contribution < 1.29 is 0 Å². The second kappa shape index (κ2) is 5.30. The number of nitrogens with one attached hydrogen (secondary N) is 1. The molecule has 0 aliphatic carbocycles. The molecule has 1 heterocycles. The first kappa shape index (κ1) is 16.3. The number of rotatable bonds is 4. The van der Waals surface area contributed by atoms with Gasteiger partial charge in [0.05, 0.1) is 5.69 Å². The van der Waals surface area contributed by atoms with E-state index in [0.29, 0.717) is 11.8 Å². The van der Waals surface area contributed by atoms with Crippen LogP contribution in [0.4, 0.5) is 0 Å². The minimum atomic E-state index is 0.0769. The van der Waals surface area contributed by atoms with Crippen LogP contribution in [0.2, 0.25) is 0 Å². The quantitative estimate of drug-likeness (QED) is 0.800. The van der Waals surface area contributed by atoms with Gasteiger partial charge in [-0.3, -0.25) is 0 Å². The number of nitrogens with zero attached hydrogens (tertiary/aromatic N) is 1. The van der Waals surface area contributed by atoms with E-state index in [1.807, 2.05) is 0 Å². The summed E-state index contributed by atoms with van der Waals surface area (Å²) in [6.07, 6.45) is 1.11. The lowest BCUT2D eigenvalue weighted by Gasteiger charge is -2.25. The Morgan fingerprint density at radius 3 is 1.95 bits per heavy atom. The predicted molar refractivity (Wildman–Crippen MR) is 83.9 cm³/mol. The average molecular weight is 264 g/mol. The highest BCUT2D eigenvalue weighted by Gasteiger charge is 2.31. The van der Waals surface area contributed by atoms with Gasteiger partial charge in [-0.05, 0) is 12.3 Å². The van der Waals surface area contributed by atoms with Crippen molar-refractivity contribution in [3.8, 4) is 0 Å². The molecule has 2 nitrogen and oxygen atoms in total. The number of hydrogen-bond acceptors (Lipinski definition) is 1. The molecule has 0 amide bonds. The van der Waals surface area contributed by atoms with Gasteiger partial charge < -0.3 is 4.98 Å². The summed E-state index contributed by atoms with van der Waals surface area (Å²) < 4.78 is 0. The first-order chi connectivity index (χ1) is 8.50. The Morgan fingerprint density at radius 1 is 1.05 bits per heavy atom. The van der Waals surface area contributed by atoms with Gasteiger partial charge in [0, 0.05) is 22.4 Å². The number of aromatic nitrogens is 2. The molecule has 1 aromatic rings. The summed E-state index contributed by atoms with van der Waals surface area (Å²) in [6, 6.07) is 0. The van der Waals surface area contributed by atoms with E-state index < -0.39 is 0 Å². The first-order valence-corrected chi connectivity index (χ1v) is 7.61. The normalized spacial score (nSPS) is 15.1. The van der Waals surface area contributed by atoms with Crippen LogP contribution >= 0.6 is 0 Å². The summed E-state index contributed by atoms with van der Waals surface area (Å²) in [5.74, 6) is 2.26. The third kappa shape index (κ3) is 3.40. The highest BCUT2D eigenvalue weighted by molar-refractivity contribution is 5.28. The molecule has 1 rings (SSSR count). The van der Waals surface area contributed by atoms with Crippen LogP contribution in [-0.2, 0) is 10.8 Å². The molecule has 0 spiro atoms.